The Balaban J connectivity index is 2.13. The van der Waals surface area contributed by atoms with Crippen molar-refractivity contribution in [3.63, 3.8) is 0 Å². The van der Waals surface area contributed by atoms with Crippen LogP contribution in [-0.2, 0) is 14.8 Å². The first-order chi connectivity index (χ1) is 8.88. The lowest BCUT2D eigenvalue weighted by Gasteiger charge is -2.15. The number of hydrogen-bond acceptors (Lipinski definition) is 3. The van der Waals surface area contributed by atoms with Gasteiger partial charge in [-0.25, -0.2) is 13.6 Å². The summed E-state index contributed by atoms with van der Waals surface area (Å²) in [6.45, 7) is 2.07. The van der Waals surface area contributed by atoms with E-state index in [0.717, 1.165) is 19.3 Å². The average Bonchev–Trinajstić information content (AvgIpc) is 2.75. The zero-order valence-corrected chi connectivity index (χ0v) is 11.6. The van der Waals surface area contributed by atoms with E-state index in [0.29, 0.717) is 11.6 Å². The second-order valence-corrected chi connectivity index (χ2v) is 6.64. The minimum absolute atomic E-state index is 0.00442. The number of sulfonamides is 1. The van der Waals surface area contributed by atoms with Gasteiger partial charge in [0.25, 0.3) is 0 Å². The van der Waals surface area contributed by atoms with Crippen molar-refractivity contribution in [1.29, 1.82) is 0 Å². The Morgan fingerprint density at radius 3 is 2.68 bits per heavy atom. The molecule has 1 aromatic carbocycles. The van der Waals surface area contributed by atoms with E-state index < -0.39 is 10.0 Å². The standard InChI is InChI=1S/C13H18N2O3S/c1-9-4-2-7-12(9)13(16)15-10-5-3-6-11(8-10)19(14,17)18/h3,5-6,8-9,12H,2,4,7H2,1H3,(H,15,16)(H2,14,17,18). The third kappa shape index (κ3) is 3.33. The van der Waals surface area contributed by atoms with Gasteiger partial charge in [0, 0.05) is 11.6 Å². The first kappa shape index (κ1) is 14.0. The fourth-order valence-electron chi connectivity index (χ4n) is 2.52. The van der Waals surface area contributed by atoms with Crippen molar-refractivity contribution < 1.29 is 13.2 Å². The van der Waals surface area contributed by atoms with Gasteiger partial charge in [-0.15, -0.1) is 0 Å². The Labute approximate surface area is 113 Å². The molecule has 0 bridgehead atoms. The number of amides is 1. The fourth-order valence-corrected chi connectivity index (χ4v) is 3.08. The van der Waals surface area contributed by atoms with Crippen LogP contribution < -0.4 is 10.5 Å². The van der Waals surface area contributed by atoms with Crippen LogP contribution in [-0.4, -0.2) is 14.3 Å². The molecular formula is C13H18N2O3S. The van der Waals surface area contributed by atoms with Gasteiger partial charge in [-0.1, -0.05) is 19.4 Å². The second-order valence-electron chi connectivity index (χ2n) is 5.08. The second kappa shape index (κ2) is 5.30. The number of nitrogens with one attached hydrogen (secondary N) is 1. The number of carbonyl (C=O) groups is 1. The molecular weight excluding hydrogens is 264 g/mol. The molecule has 1 aliphatic rings. The van der Waals surface area contributed by atoms with Gasteiger partial charge in [0.2, 0.25) is 15.9 Å². The summed E-state index contributed by atoms with van der Waals surface area (Å²) in [5.74, 6) is 0.344. The summed E-state index contributed by atoms with van der Waals surface area (Å²) in [5.41, 5.74) is 0.468. The number of hydrogen-bond donors (Lipinski definition) is 2. The molecule has 19 heavy (non-hydrogen) atoms. The summed E-state index contributed by atoms with van der Waals surface area (Å²) in [7, 11) is -3.74. The van der Waals surface area contributed by atoms with Crippen LogP contribution >= 0.6 is 0 Å². The maximum Gasteiger partial charge on any atom is 0.238 e. The Hall–Kier alpha value is -1.40. The lowest BCUT2D eigenvalue weighted by atomic mass is 9.97. The molecule has 104 valence electrons. The van der Waals surface area contributed by atoms with E-state index in [1.165, 1.54) is 12.1 Å². The Morgan fingerprint density at radius 1 is 1.37 bits per heavy atom. The molecule has 0 aromatic heterocycles. The zero-order chi connectivity index (χ0) is 14.0. The Bertz CT molecular complexity index is 583. The zero-order valence-electron chi connectivity index (χ0n) is 10.8. The van der Waals surface area contributed by atoms with Gasteiger partial charge in [-0.2, -0.15) is 0 Å². The van der Waals surface area contributed by atoms with E-state index >= 15 is 0 Å². The summed E-state index contributed by atoms with van der Waals surface area (Å²) < 4.78 is 22.5. The van der Waals surface area contributed by atoms with E-state index in [9.17, 15) is 13.2 Å². The number of anilines is 1. The number of rotatable bonds is 3. The van der Waals surface area contributed by atoms with E-state index in [1.54, 1.807) is 12.1 Å². The van der Waals surface area contributed by atoms with Gasteiger partial charge >= 0.3 is 0 Å². The van der Waals surface area contributed by atoms with Crippen LogP contribution in [0.2, 0.25) is 0 Å². The van der Waals surface area contributed by atoms with Crippen LogP contribution in [0, 0.1) is 11.8 Å². The number of carbonyl (C=O) groups excluding carboxylic acids is 1. The van der Waals surface area contributed by atoms with Crippen molar-refractivity contribution in [3.8, 4) is 0 Å². The van der Waals surface area contributed by atoms with Crippen LogP contribution in [0.4, 0.5) is 5.69 Å². The third-order valence-corrected chi connectivity index (χ3v) is 4.54. The van der Waals surface area contributed by atoms with Gasteiger partial charge in [0.05, 0.1) is 4.90 Å². The third-order valence-electron chi connectivity index (χ3n) is 3.63. The first-order valence-electron chi connectivity index (χ1n) is 6.31. The molecule has 1 amide bonds. The molecule has 5 nitrogen and oxygen atoms in total. The molecule has 2 atom stereocenters. The quantitative estimate of drug-likeness (QED) is 0.884. The van der Waals surface area contributed by atoms with Gasteiger partial charge < -0.3 is 5.32 Å². The fraction of sp³-hybridized carbons (Fsp3) is 0.462. The molecule has 3 N–H and O–H groups in total. The highest BCUT2D eigenvalue weighted by Crippen LogP contribution is 2.32. The molecule has 6 heteroatoms. The van der Waals surface area contributed by atoms with Gasteiger partial charge in [-0.05, 0) is 37.0 Å². The average molecular weight is 282 g/mol. The molecule has 2 rings (SSSR count). The van der Waals surface area contributed by atoms with Crippen molar-refractivity contribution in [3.05, 3.63) is 24.3 Å². The van der Waals surface area contributed by atoms with Crippen molar-refractivity contribution in [2.24, 2.45) is 17.0 Å². The largest absolute Gasteiger partial charge is 0.326 e. The minimum Gasteiger partial charge on any atom is -0.326 e. The van der Waals surface area contributed by atoms with Crippen molar-refractivity contribution >= 4 is 21.6 Å². The van der Waals surface area contributed by atoms with E-state index in [1.807, 2.05) is 0 Å². The molecule has 2 unspecified atom stereocenters. The van der Waals surface area contributed by atoms with Gasteiger partial charge in [0.15, 0.2) is 0 Å². The monoisotopic (exact) mass is 282 g/mol. The van der Waals surface area contributed by atoms with E-state index in [2.05, 4.69) is 12.2 Å². The van der Waals surface area contributed by atoms with E-state index in [-0.39, 0.29) is 16.7 Å². The molecule has 1 saturated carbocycles. The lowest BCUT2D eigenvalue weighted by Crippen LogP contribution is -2.24. The van der Waals surface area contributed by atoms with Gasteiger partial charge in [0.1, 0.15) is 0 Å². The predicted octanol–water partition coefficient (Wildman–Crippen LogP) is 1.71. The van der Waals surface area contributed by atoms with Crippen LogP contribution in [0.3, 0.4) is 0 Å². The number of nitrogens with two attached hydrogens (primary N) is 1. The Morgan fingerprint density at radius 2 is 2.11 bits per heavy atom. The minimum atomic E-state index is -3.74. The topological polar surface area (TPSA) is 89.3 Å². The molecule has 0 aliphatic heterocycles. The highest BCUT2D eigenvalue weighted by Gasteiger charge is 2.29. The van der Waals surface area contributed by atoms with Crippen LogP contribution in [0.15, 0.2) is 29.2 Å². The Kier molecular flexibility index (Phi) is 3.91. The molecule has 1 aromatic rings. The maximum atomic E-state index is 12.1. The molecule has 0 radical (unpaired) electrons. The van der Waals surface area contributed by atoms with Crippen LogP contribution in [0.1, 0.15) is 26.2 Å². The van der Waals surface area contributed by atoms with Crippen LogP contribution in [0.25, 0.3) is 0 Å². The molecule has 0 heterocycles. The maximum absolute atomic E-state index is 12.1. The predicted molar refractivity (Wildman–Crippen MR) is 72.9 cm³/mol. The van der Waals surface area contributed by atoms with Crippen molar-refractivity contribution in [2.45, 2.75) is 31.1 Å². The van der Waals surface area contributed by atoms with Crippen molar-refractivity contribution in [2.75, 3.05) is 5.32 Å². The van der Waals surface area contributed by atoms with Crippen LogP contribution in [0.5, 0.6) is 0 Å². The highest BCUT2D eigenvalue weighted by molar-refractivity contribution is 7.89. The summed E-state index contributed by atoms with van der Waals surface area (Å²) in [5, 5.41) is 7.83. The first-order valence-corrected chi connectivity index (χ1v) is 7.86. The summed E-state index contributed by atoms with van der Waals surface area (Å²) in [6, 6.07) is 6.01. The summed E-state index contributed by atoms with van der Waals surface area (Å²) in [4.78, 5) is 12.1. The summed E-state index contributed by atoms with van der Waals surface area (Å²) in [6.07, 6.45) is 3.02. The number of primary sulfonamides is 1. The smallest absolute Gasteiger partial charge is 0.238 e. The lowest BCUT2D eigenvalue weighted by molar-refractivity contribution is -0.120. The normalized spacial score (nSPS) is 23.3. The van der Waals surface area contributed by atoms with Crippen molar-refractivity contribution in [1.82, 2.24) is 0 Å². The molecule has 1 aliphatic carbocycles. The summed E-state index contributed by atoms with van der Waals surface area (Å²) >= 11 is 0. The molecule has 0 saturated heterocycles. The van der Waals surface area contributed by atoms with Gasteiger partial charge in [-0.3, -0.25) is 4.79 Å². The molecule has 1 fully saturated rings. The highest BCUT2D eigenvalue weighted by atomic mass is 32.2. The van der Waals surface area contributed by atoms with E-state index in [4.69, 9.17) is 5.14 Å². The molecule has 0 spiro atoms. The number of benzene rings is 1. The SMILES string of the molecule is CC1CCCC1C(=O)Nc1cccc(S(N)(=O)=O)c1.